The van der Waals surface area contributed by atoms with Crippen LogP contribution in [0.25, 0.3) is 0 Å². The summed E-state index contributed by atoms with van der Waals surface area (Å²) in [7, 11) is 0. The van der Waals surface area contributed by atoms with Crippen LogP contribution in [-0.4, -0.2) is 4.98 Å². The first-order valence-corrected chi connectivity index (χ1v) is 7.55. The van der Waals surface area contributed by atoms with Gasteiger partial charge < -0.3 is 5.32 Å². The molecule has 106 valence electrons. The van der Waals surface area contributed by atoms with Crippen molar-refractivity contribution < 1.29 is 0 Å². The summed E-state index contributed by atoms with van der Waals surface area (Å²) < 4.78 is 0. The normalized spacial score (nSPS) is 16.3. The van der Waals surface area contributed by atoms with Gasteiger partial charge in [-0.15, -0.1) is 0 Å². The maximum absolute atomic E-state index is 8.98. The lowest BCUT2D eigenvalue weighted by atomic mass is 9.91. The second kappa shape index (κ2) is 6.41. The Labute approximate surface area is 125 Å². The van der Waals surface area contributed by atoms with Gasteiger partial charge in [-0.1, -0.05) is 49.2 Å². The molecule has 0 radical (unpaired) electrons. The molecule has 1 fully saturated rings. The first kappa shape index (κ1) is 13.6. The van der Waals surface area contributed by atoms with E-state index in [1.54, 1.807) is 6.07 Å². The maximum atomic E-state index is 8.98. The fraction of sp³-hybridized carbons (Fsp3) is 0.333. The number of anilines is 1. The van der Waals surface area contributed by atoms with Crippen LogP contribution in [0.3, 0.4) is 0 Å². The molecule has 1 aliphatic rings. The number of pyridine rings is 1. The first-order valence-electron chi connectivity index (χ1n) is 7.55. The zero-order valence-electron chi connectivity index (χ0n) is 12.0. The van der Waals surface area contributed by atoms with Gasteiger partial charge in [0.15, 0.2) is 0 Å². The zero-order chi connectivity index (χ0) is 14.5. The predicted molar refractivity (Wildman–Crippen MR) is 83.7 cm³/mol. The molecule has 0 amide bonds. The largest absolute Gasteiger partial charge is 0.363 e. The van der Waals surface area contributed by atoms with Gasteiger partial charge in [-0.2, -0.15) is 5.26 Å². The molecule has 0 bridgehead atoms. The highest BCUT2D eigenvalue weighted by atomic mass is 15.0. The summed E-state index contributed by atoms with van der Waals surface area (Å²) in [5, 5.41) is 12.5. The maximum Gasteiger partial charge on any atom is 0.142 e. The monoisotopic (exact) mass is 277 g/mol. The third-order valence-corrected chi connectivity index (χ3v) is 4.20. The van der Waals surface area contributed by atoms with Crippen LogP contribution >= 0.6 is 0 Å². The van der Waals surface area contributed by atoms with Crippen LogP contribution in [0.1, 0.15) is 43.0 Å². The molecule has 1 N–H and O–H groups in total. The third-order valence-electron chi connectivity index (χ3n) is 4.20. The molecule has 21 heavy (non-hydrogen) atoms. The lowest BCUT2D eigenvalue weighted by molar-refractivity contribution is 0.469. The number of aromatic nitrogens is 1. The molecule has 1 aliphatic carbocycles. The van der Waals surface area contributed by atoms with E-state index in [0.29, 0.717) is 11.6 Å². The van der Waals surface area contributed by atoms with E-state index in [0.717, 1.165) is 5.82 Å². The van der Waals surface area contributed by atoms with Gasteiger partial charge in [-0.3, -0.25) is 0 Å². The summed E-state index contributed by atoms with van der Waals surface area (Å²) in [6, 6.07) is 18.5. The van der Waals surface area contributed by atoms with E-state index in [4.69, 9.17) is 5.26 Å². The van der Waals surface area contributed by atoms with Crippen molar-refractivity contribution in [3.63, 3.8) is 0 Å². The smallest absolute Gasteiger partial charge is 0.142 e. The SMILES string of the molecule is N#Cc1cccc(NC(c2ccccc2)C2CCCC2)n1. The molecule has 2 aromatic rings. The minimum atomic E-state index is 0.273. The van der Waals surface area contributed by atoms with E-state index in [1.807, 2.05) is 18.2 Å². The molecule has 1 atom stereocenters. The number of benzene rings is 1. The van der Waals surface area contributed by atoms with E-state index in [2.05, 4.69) is 40.6 Å². The summed E-state index contributed by atoms with van der Waals surface area (Å²) in [5.41, 5.74) is 1.76. The molecule has 0 saturated heterocycles. The number of rotatable bonds is 4. The molecule has 1 saturated carbocycles. The van der Waals surface area contributed by atoms with Gasteiger partial charge in [0.1, 0.15) is 17.6 Å². The number of nitrogens with one attached hydrogen (secondary N) is 1. The second-order valence-electron chi connectivity index (χ2n) is 5.60. The van der Waals surface area contributed by atoms with Gasteiger partial charge in [0.05, 0.1) is 6.04 Å². The highest BCUT2D eigenvalue weighted by molar-refractivity contribution is 5.41. The Morgan fingerprint density at radius 1 is 1.05 bits per heavy atom. The van der Waals surface area contributed by atoms with Crippen molar-refractivity contribution in [2.24, 2.45) is 5.92 Å². The first-order chi connectivity index (χ1) is 10.4. The van der Waals surface area contributed by atoms with Crippen molar-refractivity contribution in [1.82, 2.24) is 4.98 Å². The van der Waals surface area contributed by atoms with Crippen molar-refractivity contribution >= 4 is 5.82 Å². The van der Waals surface area contributed by atoms with Gasteiger partial charge in [0.2, 0.25) is 0 Å². The van der Waals surface area contributed by atoms with Gasteiger partial charge in [-0.25, -0.2) is 4.98 Å². The van der Waals surface area contributed by atoms with Gasteiger partial charge in [-0.05, 0) is 36.5 Å². The van der Waals surface area contributed by atoms with Crippen molar-refractivity contribution in [2.75, 3.05) is 5.32 Å². The summed E-state index contributed by atoms with van der Waals surface area (Å²) in [6.07, 6.45) is 5.12. The van der Waals surface area contributed by atoms with E-state index in [1.165, 1.54) is 31.2 Å². The van der Waals surface area contributed by atoms with Crippen LogP contribution in [-0.2, 0) is 0 Å². The minimum Gasteiger partial charge on any atom is -0.363 e. The number of nitriles is 1. The van der Waals surface area contributed by atoms with Gasteiger partial charge in [0, 0.05) is 0 Å². The molecule has 1 aromatic carbocycles. The van der Waals surface area contributed by atoms with E-state index in [9.17, 15) is 0 Å². The molecule has 1 aromatic heterocycles. The van der Waals surface area contributed by atoms with Crippen molar-refractivity contribution in [2.45, 2.75) is 31.7 Å². The Kier molecular flexibility index (Phi) is 4.16. The Morgan fingerprint density at radius 2 is 1.81 bits per heavy atom. The van der Waals surface area contributed by atoms with Crippen LogP contribution in [0.5, 0.6) is 0 Å². The van der Waals surface area contributed by atoms with E-state index in [-0.39, 0.29) is 6.04 Å². The quantitative estimate of drug-likeness (QED) is 0.906. The Morgan fingerprint density at radius 3 is 2.52 bits per heavy atom. The van der Waals surface area contributed by atoms with Crippen molar-refractivity contribution in [3.8, 4) is 6.07 Å². The number of hydrogen-bond acceptors (Lipinski definition) is 3. The Hall–Kier alpha value is -2.34. The average molecular weight is 277 g/mol. The summed E-state index contributed by atoms with van der Waals surface area (Å²) in [5.74, 6) is 1.43. The number of hydrogen-bond donors (Lipinski definition) is 1. The van der Waals surface area contributed by atoms with Crippen LogP contribution in [0.15, 0.2) is 48.5 Å². The second-order valence-corrected chi connectivity index (χ2v) is 5.60. The van der Waals surface area contributed by atoms with Gasteiger partial charge >= 0.3 is 0 Å². The third kappa shape index (κ3) is 3.22. The van der Waals surface area contributed by atoms with E-state index < -0.39 is 0 Å². The van der Waals surface area contributed by atoms with Crippen LogP contribution < -0.4 is 5.32 Å². The summed E-state index contributed by atoms with van der Waals surface area (Å²) in [6.45, 7) is 0. The summed E-state index contributed by atoms with van der Waals surface area (Å²) >= 11 is 0. The lowest BCUT2D eigenvalue weighted by Gasteiger charge is -2.25. The zero-order valence-corrected chi connectivity index (χ0v) is 12.0. The fourth-order valence-corrected chi connectivity index (χ4v) is 3.16. The Balaban J connectivity index is 1.87. The molecule has 3 nitrogen and oxygen atoms in total. The standard InChI is InChI=1S/C18H19N3/c19-13-16-11-6-12-17(20-16)21-18(15-9-4-5-10-15)14-7-2-1-3-8-14/h1-3,6-8,11-12,15,18H,4-5,9-10H2,(H,20,21). The number of nitrogens with zero attached hydrogens (tertiary/aromatic N) is 2. The molecule has 1 heterocycles. The minimum absolute atomic E-state index is 0.273. The molecule has 0 spiro atoms. The van der Waals surface area contributed by atoms with Crippen LogP contribution in [0.4, 0.5) is 5.82 Å². The summed E-state index contributed by atoms with van der Waals surface area (Å²) in [4.78, 5) is 4.36. The molecular weight excluding hydrogens is 258 g/mol. The molecular formula is C18H19N3. The molecule has 3 rings (SSSR count). The fourth-order valence-electron chi connectivity index (χ4n) is 3.16. The van der Waals surface area contributed by atoms with Crippen molar-refractivity contribution in [1.29, 1.82) is 5.26 Å². The topological polar surface area (TPSA) is 48.7 Å². The van der Waals surface area contributed by atoms with Gasteiger partial charge in [0.25, 0.3) is 0 Å². The average Bonchev–Trinajstić information content (AvgIpc) is 3.08. The molecule has 1 unspecified atom stereocenters. The van der Waals surface area contributed by atoms with Crippen LogP contribution in [0, 0.1) is 17.2 Å². The van der Waals surface area contributed by atoms with Crippen LogP contribution in [0.2, 0.25) is 0 Å². The van der Waals surface area contributed by atoms with E-state index >= 15 is 0 Å². The van der Waals surface area contributed by atoms with Crippen molar-refractivity contribution in [3.05, 3.63) is 59.8 Å². The Bertz CT molecular complexity index is 624. The molecule has 0 aliphatic heterocycles. The highest BCUT2D eigenvalue weighted by Crippen LogP contribution is 2.37. The molecule has 3 heteroatoms. The lowest BCUT2D eigenvalue weighted by Crippen LogP contribution is -2.19. The predicted octanol–water partition coefficient (Wildman–Crippen LogP) is 4.30. The highest BCUT2D eigenvalue weighted by Gasteiger charge is 2.26.